The number of carbonyl (C=O) groups excluding carboxylic acids is 1. The summed E-state index contributed by atoms with van der Waals surface area (Å²) in [5.41, 5.74) is 0.461. The number of aliphatic hydroxyl groups is 4. The van der Waals surface area contributed by atoms with Crippen molar-refractivity contribution in [2.24, 2.45) is 0 Å². The monoisotopic (exact) mass is 482 g/mol. The number of aliphatic hydroxyl groups excluding tert-OH is 4. The number of hydrogen-bond acceptors (Lipinski definition) is 12. The van der Waals surface area contributed by atoms with E-state index in [1.807, 2.05) is 0 Å². The number of hydrogen-bond donors (Lipinski definition) is 6. The van der Waals surface area contributed by atoms with Crippen molar-refractivity contribution in [1.82, 2.24) is 0 Å². The Kier molecular flexibility index (Phi) is 8.02. The average molecular weight is 482 g/mol. The molecule has 6 N–H and O–H groups in total. The van der Waals surface area contributed by atoms with Crippen LogP contribution < -0.4 is 14.2 Å². The molecule has 1 heterocycles. The second kappa shape index (κ2) is 10.8. The molecule has 5 atom stereocenters. The third kappa shape index (κ3) is 5.26. The summed E-state index contributed by atoms with van der Waals surface area (Å²) in [4.78, 5) is 12.4. The average Bonchev–Trinajstić information content (AvgIpc) is 2.84. The number of benzene rings is 2. The minimum absolute atomic E-state index is 0.0265. The van der Waals surface area contributed by atoms with Crippen molar-refractivity contribution < 1.29 is 59.1 Å². The highest BCUT2D eigenvalue weighted by Crippen LogP contribution is 2.37. The summed E-state index contributed by atoms with van der Waals surface area (Å²) in [5.74, 6) is -1.44. The van der Waals surface area contributed by atoms with Crippen LogP contribution in [0.3, 0.4) is 0 Å². The van der Waals surface area contributed by atoms with Gasteiger partial charge >= 0.3 is 5.97 Å². The zero-order valence-electron chi connectivity index (χ0n) is 18.3. The first kappa shape index (κ1) is 25.3. The van der Waals surface area contributed by atoms with E-state index in [4.69, 9.17) is 23.7 Å². The fraction of sp³-hybridized carbons (Fsp3) is 0.409. The summed E-state index contributed by atoms with van der Waals surface area (Å²) in [6, 6.07) is 6.63. The quantitative estimate of drug-likeness (QED) is 0.269. The first-order valence-corrected chi connectivity index (χ1v) is 10.1. The molecule has 2 aromatic carbocycles. The third-order valence-electron chi connectivity index (χ3n) is 5.20. The van der Waals surface area contributed by atoms with Gasteiger partial charge < -0.3 is 54.3 Å². The van der Waals surface area contributed by atoms with Crippen molar-refractivity contribution in [3.8, 4) is 28.7 Å². The van der Waals surface area contributed by atoms with Crippen molar-refractivity contribution in [3.63, 3.8) is 0 Å². The van der Waals surface area contributed by atoms with Crippen LogP contribution in [0.25, 0.3) is 0 Å². The van der Waals surface area contributed by atoms with Crippen LogP contribution in [0.1, 0.15) is 15.9 Å². The van der Waals surface area contributed by atoms with Gasteiger partial charge in [0.05, 0.1) is 26.4 Å². The molecule has 12 heteroatoms. The summed E-state index contributed by atoms with van der Waals surface area (Å²) in [6.07, 6.45) is -7.45. The number of esters is 1. The van der Waals surface area contributed by atoms with Crippen molar-refractivity contribution in [2.45, 2.75) is 37.3 Å². The number of methoxy groups -OCH3 is 2. The number of rotatable bonds is 8. The normalized spacial score (nSPS) is 24.4. The minimum atomic E-state index is -1.64. The zero-order chi connectivity index (χ0) is 25.0. The maximum Gasteiger partial charge on any atom is 0.338 e. The van der Waals surface area contributed by atoms with Crippen molar-refractivity contribution >= 4 is 5.97 Å². The van der Waals surface area contributed by atoms with Crippen LogP contribution in [0.4, 0.5) is 0 Å². The SMILES string of the molecule is COc1cc(C(=O)OCc2ccc(OC3OC(CO)C(O)C(O)C3O)c(O)c2)cc(OC)c1O. The lowest BCUT2D eigenvalue weighted by molar-refractivity contribution is -0.277. The molecule has 1 aliphatic rings. The van der Waals surface area contributed by atoms with Crippen molar-refractivity contribution in [1.29, 1.82) is 0 Å². The molecule has 0 aliphatic carbocycles. The molecule has 0 spiro atoms. The molecule has 0 amide bonds. The number of carbonyl (C=O) groups is 1. The van der Waals surface area contributed by atoms with E-state index in [9.17, 15) is 35.4 Å². The summed E-state index contributed by atoms with van der Waals surface area (Å²) in [7, 11) is 2.64. The van der Waals surface area contributed by atoms with Gasteiger partial charge in [0.15, 0.2) is 23.0 Å². The summed E-state index contributed by atoms with van der Waals surface area (Å²) in [6.45, 7) is -0.849. The van der Waals surface area contributed by atoms with Gasteiger partial charge in [-0.3, -0.25) is 0 Å². The van der Waals surface area contributed by atoms with E-state index in [2.05, 4.69) is 0 Å². The second-order valence-electron chi connectivity index (χ2n) is 7.42. The molecule has 2 aromatic rings. The van der Waals surface area contributed by atoms with E-state index in [0.29, 0.717) is 5.56 Å². The second-order valence-corrected chi connectivity index (χ2v) is 7.42. The Morgan fingerprint density at radius 3 is 2.15 bits per heavy atom. The van der Waals surface area contributed by atoms with Crippen LogP contribution in [0.2, 0.25) is 0 Å². The topological polar surface area (TPSA) is 185 Å². The molecule has 0 radical (unpaired) electrons. The maximum absolute atomic E-state index is 12.4. The van der Waals surface area contributed by atoms with Gasteiger partial charge in [0.1, 0.15) is 31.0 Å². The lowest BCUT2D eigenvalue weighted by atomic mass is 9.99. The van der Waals surface area contributed by atoms with Gasteiger partial charge in [-0.2, -0.15) is 0 Å². The van der Waals surface area contributed by atoms with E-state index in [1.54, 1.807) is 0 Å². The lowest BCUT2D eigenvalue weighted by Gasteiger charge is -2.39. The van der Waals surface area contributed by atoms with Crippen LogP contribution in [-0.2, 0) is 16.1 Å². The molecule has 12 nitrogen and oxygen atoms in total. The van der Waals surface area contributed by atoms with Crippen LogP contribution >= 0.6 is 0 Å². The van der Waals surface area contributed by atoms with E-state index in [0.717, 1.165) is 0 Å². The van der Waals surface area contributed by atoms with E-state index in [1.165, 1.54) is 44.6 Å². The summed E-state index contributed by atoms with van der Waals surface area (Å²) in [5, 5.41) is 59.2. The first-order chi connectivity index (χ1) is 16.2. The Labute approximate surface area is 194 Å². The van der Waals surface area contributed by atoms with Gasteiger partial charge in [-0.15, -0.1) is 0 Å². The van der Waals surface area contributed by atoms with Gasteiger partial charge in [0.25, 0.3) is 0 Å². The molecule has 1 aliphatic heterocycles. The van der Waals surface area contributed by atoms with Crippen LogP contribution in [0.15, 0.2) is 30.3 Å². The highest BCUT2D eigenvalue weighted by molar-refractivity contribution is 5.91. The zero-order valence-corrected chi connectivity index (χ0v) is 18.3. The van der Waals surface area contributed by atoms with E-state index in [-0.39, 0.29) is 40.9 Å². The van der Waals surface area contributed by atoms with E-state index < -0.39 is 43.3 Å². The molecule has 1 fully saturated rings. The maximum atomic E-state index is 12.4. The standard InChI is InChI=1S/C22H26O12/c1-30-14-6-11(7-15(31-2)17(14)25)21(29)32-9-10-3-4-13(12(24)5-10)33-22-20(28)19(27)18(26)16(8-23)34-22/h3-7,16,18-20,22-28H,8-9H2,1-2H3. The first-order valence-electron chi connectivity index (χ1n) is 10.1. The van der Waals surface area contributed by atoms with Crippen molar-refractivity contribution in [2.75, 3.05) is 20.8 Å². The largest absolute Gasteiger partial charge is 0.504 e. The Bertz CT molecular complexity index is 982. The number of aromatic hydroxyl groups is 2. The van der Waals surface area contributed by atoms with Crippen LogP contribution in [0, 0.1) is 0 Å². The molecule has 0 bridgehead atoms. The molecule has 0 aromatic heterocycles. The van der Waals surface area contributed by atoms with Gasteiger partial charge in [-0.05, 0) is 29.8 Å². The smallest absolute Gasteiger partial charge is 0.338 e. The molecule has 5 unspecified atom stereocenters. The predicted octanol–water partition coefficient (Wildman–Crippen LogP) is -0.349. The molecular formula is C22H26O12. The van der Waals surface area contributed by atoms with Crippen LogP contribution in [-0.4, -0.2) is 88.1 Å². The molecule has 34 heavy (non-hydrogen) atoms. The fourth-order valence-electron chi connectivity index (χ4n) is 3.29. The fourth-order valence-corrected chi connectivity index (χ4v) is 3.29. The Morgan fingerprint density at radius 1 is 0.941 bits per heavy atom. The third-order valence-corrected chi connectivity index (χ3v) is 5.20. The van der Waals surface area contributed by atoms with Crippen molar-refractivity contribution in [3.05, 3.63) is 41.5 Å². The summed E-state index contributed by atoms with van der Waals surface area (Å²) >= 11 is 0. The molecule has 3 rings (SSSR count). The molecular weight excluding hydrogens is 456 g/mol. The van der Waals surface area contributed by atoms with E-state index >= 15 is 0 Å². The number of ether oxygens (including phenoxy) is 5. The van der Waals surface area contributed by atoms with Gasteiger partial charge in [0.2, 0.25) is 12.0 Å². The summed E-state index contributed by atoms with van der Waals surface area (Å²) < 4.78 is 25.9. The molecule has 186 valence electrons. The predicted molar refractivity (Wildman–Crippen MR) is 113 cm³/mol. The minimum Gasteiger partial charge on any atom is -0.504 e. The highest BCUT2D eigenvalue weighted by Gasteiger charge is 2.44. The Hall–Kier alpha value is -3.29. The highest BCUT2D eigenvalue weighted by atomic mass is 16.7. The lowest BCUT2D eigenvalue weighted by Crippen LogP contribution is -2.60. The molecule has 0 saturated carbocycles. The van der Waals surface area contributed by atoms with Crippen LogP contribution in [0.5, 0.6) is 28.7 Å². The number of phenolic OH excluding ortho intramolecular Hbond substituents is 2. The van der Waals surface area contributed by atoms with Gasteiger partial charge in [-0.1, -0.05) is 6.07 Å². The number of phenols is 2. The van der Waals surface area contributed by atoms with Gasteiger partial charge in [0, 0.05) is 0 Å². The molecule has 1 saturated heterocycles. The Balaban J connectivity index is 1.66. The van der Waals surface area contributed by atoms with Gasteiger partial charge in [-0.25, -0.2) is 4.79 Å². The Morgan fingerprint density at radius 2 is 1.59 bits per heavy atom.